The van der Waals surface area contributed by atoms with Crippen molar-refractivity contribution in [2.75, 3.05) is 0 Å². The SMILES string of the molecule is Cc1cc2ccc3ccccc3c2cc1-c1c2ccccc2cc[n+]1C.Cc1cc2ccc3ccccc3c2cc1-c1cc(C2CCC(C)(C)CC2)cc[n+]1C.Cc1cc2ccc3ccccc3c2cc1-c1cc(C2CCCC2)cc[n+]1C.Cc1cc2ccc3ccccc3c2cc1-c1cc2ccccc2c[n+]1C.Cc1cc2ccc3ccccc3c2cc1-c1ccc2ccccc2[n+]1C. The molecule has 25 rings (SSSR count). The molecule has 135 heavy (non-hydrogen) atoms. The maximum atomic E-state index is 2.46. The third-order valence-electron chi connectivity index (χ3n) is 29.9. The molecule has 0 aliphatic heterocycles. The Balaban J connectivity index is 0.000000101. The summed E-state index contributed by atoms with van der Waals surface area (Å²) in [7, 11) is 10.8. The minimum atomic E-state index is 0.509. The van der Waals surface area contributed by atoms with Crippen molar-refractivity contribution >= 4 is 140 Å². The van der Waals surface area contributed by atoms with Crippen LogP contribution in [0.15, 0.2) is 389 Å². The average molecular weight is 1750 g/mol. The number of pyridine rings is 5. The molecule has 0 bridgehead atoms. The van der Waals surface area contributed by atoms with Gasteiger partial charge in [0.2, 0.25) is 34.0 Å². The maximum Gasteiger partial charge on any atom is 0.220 e. The summed E-state index contributed by atoms with van der Waals surface area (Å²) in [6.07, 6.45) is 19.6. The van der Waals surface area contributed by atoms with Gasteiger partial charge in [0.25, 0.3) is 0 Å². The van der Waals surface area contributed by atoms with Crippen molar-refractivity contribution in [3.63, 3.8) is 0 Å². The highest BCUT2D eigenvalue weighted by Crippen LogP contribution is 2.45. The fraction of sp³-hybridized carbons (Fsp3) is 0.177. The number of nitrogens with zero attached hydrogens (tertiary/aromatic N) is 5. The molecule has 2 aliphatic carbocycles. The monoisotopic (exact) mass is 1750 g/mol. The molecule has 5 heteroatoms. The highest BCUT2D eigenvalue weighted by Gasteiger charge is 2.31. The van der Waals surface area contributed by atoms with E-state index in [0.29, 0.717) is 11.3 Å². The molecule has 5 nitrogen and oxygen atoms in total. The van der Waals surface area contributed by atoms with E-state index >= 15 is 0 Å². The van der Waals surface area contributed by atoms with Crippen molar-refractivity contribution in [2.24, 2.45) is 40.7 Å². The van der Waals surface area contributed by atoms with E-state index in [1.165, 1.54) is 287 Å². The second-order valence-corrected chi connectivity index (χ2v) is 39.3. The number of fused-ring (bicyclic) bond motifs is 18. The zero-order chi connectivity index (χ0) is 92.3. The van der Waals surface area contributed by atoms with Gasteiger partial charge in [0.05, 0.1) is 10.9 Å². The van der Waals surface area contributed by atoms with Crippen molar-refractivity contribution in [1.29, 1.82) is 0 Å². The molecule has 0 N–H and O–H groups in total. The molecule has 0 radical (unpaired) electrons. The van der Waals surface area contributed by atoms with Crippen LogP contribution >= 0.6 is 0 Å². The molecule has 0 saturated heterocycles. The van der Waals surface area contributed by atoms with Crippen molar-refractivity contribution in [2.45, 2.75) is 112 Å². The molecule has 0 atom stereocenters. The Bertz CT molecular complexity index is 8480. The fourth-order valence-electron chi connectivity index (χ4n) is 22.2. The lowest BCUT2D eigenvalue weighted by Gasteiger charge is -2.34. The first kappa shape index (κ1) is 86.8. The number of hydrogen-bond donors (Lipinski definition) is 0. The standard InChI is InChI=1S/C29H32N.C26H26N.3C25H20N/c1-20-17-24-10-9-22-7-5-6-8-25(22)27(24)19-26(20)28-18-23(13-16-30(28)4)21-11-14-29(2,3)15-12-21;1-18-15-22-12-11-20-9-5-6-10-23(20)25(22)17-24(18)26-16-21(13-14-27(26)2)19-7-3-4-8-19;1-17-15-20-12-11-18-7-3-5-9-21(18)23(20)16-22(17)25-14-13-19-8-4-6-10-24(19)26(25)2;1-17-15-20-12-11-18-7-3-5-9-21(18)24(20)16-23(17)25-22-10-6-4-8-19(22)13-14-26(25)2;1-17-13-20-12-11-18-7-5-6-10-22(18)24(20)15-23(17)25-14-19-8-3-4-9-21(19)16-26(25)2/h5-10,13,16-19,21H,11-12,14-15H2,1-4H3;5-6,9-17,19H,3-4,7-8H2,1-2H3;3*3-16H,1-2H3/q5*+1. The smallest absolute Gasteiger partial charge is 0.201 e. The van der Waals surface area contributed by atoms with Gasteiger partial charge in [0, 0.05) is 81.6 Å². The van der Waals surface area contributed by atoms with E-state index in [-0.39, 0.29) is 0 Å². The van der Waals surface area contributed by atoms with Gasteiger partial charge in [0.15, 0.2) is 24.8 Å². The van der Waals surface area contributed by atoms with E-state index in [0.717, 1.165) is 5.92 Å². The van der Waals surface area contributed by atoms with Gasteiger partial charge >= 0.3 is 0 Å². The van der Waals surface area contributed by atoms with Crippen LogP contribution in [0.5, 0.6) is 0 Å². The van der Waals surface area contributed by atoms with E-state index in [2.05, 4.69) is 495 Å². The van der Waals surface area contributed by atoms with E-state index in [9.17, 15) is 0 Å². The van der Waals surface area contributed by atoms with Crippen molar-refractivity contribution in [3.05, 3.63) is 428 Å². The van der Waals surface area contributed by atoms with Crippen LogP contribution in [0.25, 0.3) is 196 Å². The molecule has 23 aromatic rings. The van der Waals surface area contributed by atoms with Crippen LogP contribution in [0.2, 0.25) is 0 Å². The quantitative estimate of drug-likeness (QED) is 0.112. The lowest BCUT2D eigenvalue weighted by atomic mass is 9.71. The lowest BCUT2D eigenvalue weighted by molar-refractivity contribution is -0.660. The normalized spacial score (nSPS) is 13.4. The number of hydrogen-bond acceptors (Lipinski definition) is 0. The third kappa shape index (κ3) is 17.1. The third-order valence-corrected chi connectivity index (χ3v) is 29.9. The summed E-state index contributed by atoms with van der Waals surface area (Å²) >= 11 is 0. The largest absolute Gasteiger partial charge is 0.220 e. The van der Waals surface area contributed by atoms with Crippen LogP contribution in [-0.2, 0) is 35.2 Å². The Hall–Kier alpha value is -14.9. The molecule has 5 aromatic heterocycles. The molecule has 5 heterocycles. The highest BCUT2D eigenvalue weighted by molar-refractivity contribution is 6.14. The summed E-state index contributed by atoms with van der Waals surface area (Å²) < 4.78 is 11.3. The molecule has 0 amide bonds. The van der Waals surface area contributed by atoms with Gasteiger partial charge in [-0.05, 0) is 302 Å². The lowest BCUT2D eigenvalue weighted by Crippen LogP contribution is -2.32. The summed E-state index contributed by atoms with van der Waals surface area (Å²) in [5, 5.41) is 32.7. The van der Waals surface area contributed by atoms with Crippen LogP contribution in [0.4, 0.5) is 0 Å². The number of aromatic nitrogens is 5. The van der Waals surface area contributed by atoms with Crippen molar-refractivity contribution < 1.29 is 22.8 Å². The summed E-state index contributed by atoms with van der Waals surface area (Å²) in [4.78, 5) is 0. The van der Waals surface area contributed by atoms with Gasteiger partial charge in [0.1, 0.15) is 35.2 Å². The summed E-state index contributed by atoms with van der Waals surface area (Å²) in [6.45, 7) is 16.0. The minimum absolute atomic E-state index is 0.509. The maximum absolute atomic E-state index is 2.46. The summed E-state index contributed by atoms with van der Waals surface area (Å²) in [5.74, 6) is 1.44. The zero-order valence-corrected chi connectivity index (χ0v) is 80.0. The molecule has 0 unspecified atom stereocenters. The van der Waals surface area contributed by atoms with Crippen LogP contribution in [0.1, 0.15) is 116 Å². The molecule has 658 valence electrons. The predicted molar refractivity (Wildman–Crippen MR) is 573 cm³/mol. The average Bonchev–Trinajstić information content (AvgIpc) is 0.955. The van der Waals surface area contributed by atoms with Gasteiger partial charge in [-0.1, -0.05) is 288 Å². The van der Waals surface area contributed by atoms with Crippen molar-refractivity contribution in [1.82, 2.24) is 0 Å². The number of benzene rings is 18. The van der Waals surface area contributed by atoms with Crippen molar-refractivity contribution in [3.8, 4) is 56.3 Å². The molecule has 2 fully saturated rings. The fourth-order valence-corrected chi connectivity index (χ4v) is 22.2. The van der Waals surface area contributed by atoms with E-state index in [1.54, 1.807) is 0 Å². The van der Waals surface area contributed by atoms with E-state index < -0.39 is 0 Å². The Morgan fingerprint density at radius 1 is 0.222 bits per heavy atom. The first-order valence-corrected chi connectivity index (χ1v) is 48.5. The molecule has 0 spiro atoms. The molecular weight excluding hydrogens is 1630 g/mol. The van der Waals surface area contributed by atoms with E-state index in [1.807, 2.05) is 0 Å². The molecular formula is C130H118N5+5. The second kappa shape index (κ2) is 36.6. The minimum Gasteiger partial charge on any atom is -0.201 e. The number of aryl methyl sites for hydroxylation is 10. The molecule has 2 aliphatic rings. The van der Waals surface area contributed by atoms with Gasteiger partial charge in [-0.2, -0.15) is 4.57 Å². The van der Waals surface area contributed by atoms with E-state index in [4.69, 9.17) is 0 Å². The molecule has 2 saturated carbocycles. The number of rotatable bonds is 7. The van der Waals surface area contributed by atoms with Crippen LogP contribution in [0.3, 0.4) is 0 Å². The Morgan fingerprint density at radius 2 is 0.519 bits per heavy atom. The zero-order valence-electron chi connectivity index (χ0n) is 80.0. The topological polar surface area (TPSA) is 19.4 Å². The Kier molecular flexibility index (Phi) is 23.5. The Morgan fingerprint density at radius 3 is 0.926 bits per heavy atom. The molecule has 18 aromatic carbocycles. The summed E-state index contributed by atoms with van der Waals surface area (Å²) in [6, 6.07) is 133. The first-order chi connectivity index (χ1) is 65.8. The first-order valence-electron chi connectivity index (χ1n) is 48.5. The Labute approximate surface area is 793 Å². The second-order valence-electron chi connectivity index (χ2n) is 39.3. The van der Waals surface area contributed by atoms with Gasteiger partial charge in [-0.3, -0.25) is 0 Å². The van der Waals surface area contributed by atoms with Gasteiger partial charge in [-0.25, -0.2) is 18.3 Å². The predicted octanol–water partition coefficient (Wildman–Crippen LogP) is 31.8. The van der Waals surface area contributed by atoms with Crippen LogP contribution < -0.4 is 22.8 Å². The van der Waals surface area contributed by atoms with Gasteiger partial charge < -0.3 is 0 Å². The van der Waals surface area contributed by atoms with Gasteiger partial charge in [-0.15, -0.1) is 0 Å². The summed E-state index contributed by atoms with van der Waals surface area (Å²) in [5.41, 5.74) is 24.4. The highest BCUT2D eigenvalue weighted by atomic mass is 14.9. The van der Waals surface area contributed by atoms with Crippen LogP contribution in [-0.4, -0.2) is 0 Å². The number of para-hydroxylation sites is 1. The van der Waals surface area contributed by atoms with Crippen LogP contribution in [0, 0.1) is 40.0 Å².